The number of aryl methyl sites for hydroxylation is 1. The van der Waals surface area contributed by atoms with Crippen LogP contribution in [0.15, 0.2) is 48.1 Å². The van der Waals surface area contributed by atoms with Gasteiger partial charge >= 0.3 is 0 Å². The van der Waals surface area contributed by atoms with Crippen molar-refractivity contribution in [1.29, 1.82) is 0 Å². The van der Waals surface area contributed by atoms with Crippen LogP contribution in [0, 0.1) is 0 Å². The minimum Gasteiger partial charge on any atom is -0.356 e. The van der Waals surface area contributed by atoms with Crippen LogP contribution in [-0.4, -0.2) is 27.4 Å². The van der Waals surface area contributed by atoms with E-state index in [9.17, 15) is 4.79 Å². The zero-order valence-electron chi connectivity index (χ0n) is 14.4. The molecule has 0 aliphatic heterocycles. The van der Waals surface area contributed by atoms with Gasteiger partial charge in [-0.15, -0.1) is 11.3 Å². The summed E-state index contributed by atoms with van der Waals surface area (Å²) < 4.78 is 0. The van der Waals surface area contributed by atoms with E-state index in [-0.39, 0.29) is 5.91 Å². The summed E-state index contributed by atoms with van der Waals surface area (Å²) in [6.45, 7) is 0.603. The largest absolute Gasteiger partial charge is 0.356 e. The van der Waals surface area contributed by atoms with Crippen LogP contribution >= 0.6 is 11.3 Å². The van der Waals surface area contributed by atoms with Crippen LogP contribution in [0.2, 0.25) is 0 Å². The maximum absolute atomic E-state index is 12.3. The van der Waals surface area contributed by atoms with Gasteiger partial charge < -0.3 is 5.32 Å². The van der Waals surface area contributed by atoms with E-state index in [2.05, 4.69) is 44.5 Å². The summed E-state index contributed by atoms with van der Waals surface area (Å²) in [5.74, 6) is 1.12. The van der Waals surface area contributed by atoms with E-state index in [0.717, 1.165) is 30.0 Å². The van der Waals surface area contributed by atoms with Gasteiger partial charge in [0.1, 0.15) is 0 Å². The first-order valence-corrected chi connectivity index (χ1v) is 9.74. The number of fused-ring (bicyclic) bond motifs is 1. The Morgan fingerprint density at radius 1 is 1.19 bits per heavy atom. The molecule has 0 radical (unpaired) electrons. The number of nitrogens with zero attached hydrogens (tertiary/aromatic N) is 3. The number of thiazole rings is 1. The highest BCUT2D eigenvalue weighted by atomic mass is 32.1. The van der Waals surface area contributed by atoms with Gasteiger partial charge in [-0.1, -0.05) is 24.3 Å². The molecule has 1 atom stereocenters. The molecule has 2 aromatic heterocycles. The Kier molecular flexibility index (Phi) is 5.02. The van der Waals surface area contributed by atoms with Gasteiger partial charge in [0.2, 0.25) is 5.91 Å². The second-order valence-electron chi connectivity index (χ2n) is 6.45. The van der Waals surface area contributed by atoms with Crippen molar-refractivity contribution in [3.8, 4) is 10.8 Å². The van der Waals surface area contributed by atoms with Gasteiger partial charge in [0.15, 0.2) is 10.8 Å². The second-order valence-corrected chi connectivity index (χ2v) is 7.31. The first-order chi connectivity index (χ1) is 12.8. The molecule has 6 heteroatoms. The van der Waals surface area contributed by atoms with E-state index < -0.39 is 0 Å². The third kappa shape index (κ3) is 3.80. The van der Waals surface area contributed by atoms with Gasteiger partial charge in [0.05, 0.1) is 5.69 Å². The quantitative estimate of drug-likeness (QED) is 0.728. The van der Waals surface area contributed by atoms with Gasteiger partial charge in [0, 0.05) is 37.2 Å². The van der Waals surface area contributed by atoms with E-state index in [1.54, 1.807) is 18.5 Å². The number of amides is 1. The number of carbonyl (C=O) groups excluding carboxylic acids is 1. The van der Waals surface area contributed by atoms with Gasteiger partial charge in [-0.2, -0.15) is 0 Å². The molecule has 2 heterocycles. The van der Waals surface area contributed by atoms with Crippen molar-refractivity contribution in [3.63, 3.8) is 0 Å². The van der Waals surface area contributed by atoms with Crippen molar-refractivity contribution in [2.75, 3.05) is 6.54 Å². The minimum absolute atomic E-state index is 0.119. The number of hydrogen-bond donors (Lipinski definition) is 1. The molecule has 0 spiro atoms. The van der Waals surface area contributed by atoms with E-state index in [4.69, 9.17) is 0 Å². The zero-order valence-corrected chi connectivity index (χ0v) is 15.2. The standard InChI is InChI=1S/C20H20N4OS/c25-18(12-15-7-6-14-4-1-2-5-17(14)15)21-11-8-16-13-26-20(24-16)19-22-9-3-10-23-19/h1-5,9-10,13,15H,6-8,11-12H2,(H,21,25)/t15-/m0/s1. The van der Waals surface area contributed by atoms with Gasteiger partial charge in [-0.3, -0.25) is 4.79 Å². The molecule has 1 amide bonds. The fraction of sp³-hybridized carbons (Fsp3) is 0.300. The lowest BCUT2D eigenvalue weighted by molar-refractivity contribution is -0.121. The molecule has 132 valence electrons. The molecular weight excluding hydrogens is 344 g/mol. The summed E-state index contributed by atoms with van der Waals surface area (Å²) in [4.78, 5) is 25.3. The summed E-state index contributed by atoms with van der Waals surface area (Å²) in [5.41, 5.74) is 3.70. The zero-order chi connectivity index (χ0) is 17.8. The first-order valence-electron chi connectivity index (χ1n) is 8.86. The fourth-order valence-electron chi connectivity index (χ4n) is 3.42. The summed E-state index contributed by atoms with van der Waals surface area (Å²) >= 11 is 1.53. The molecule has 0 bridgehead atoms. The molecule has 1 aliphatic carbocycles. The van der Waals surface area contributed by atoms with Crippen molar-refractivity contribution in [1.82, 2.24) is 20.3 Å². The van der Waals surface area contributed by atoms with Gasteiger partial charge in [-0.25, -0.2) is 15.0 Å². The number of carbonyl (C=O) groups is 1. The normalized spacial score (nSPS) is 15.6. The Hall–Kier alpha value is -2.60. The maximum atomic E-state index is 12.3. The van der Waals surface area contributed by atoms with Crippen molar-refractivity contribution in [2.24, 2.45) is 0 Å². The molecule has 3 aromatic rings. The lowest BCUT2D eigenvalue weighted by Crippen LogP contribution is -2.26. The van der Waals surface area contributed by atoms with Crippen molar-refractivity contribution in [3.05, 3.63) is 64.9 Å². The second kappa shape index (κ2) is 7.74. The topological polar surface area (TPSA) is 67.8 Å². The Morgan fingerprint density at radius 3 is 2.92 bits per heavy atom. The number of aromatic nitrogens is 3. The van der Waals surface area contributed by atoms with Crippen molar-refractivity contribution >= 4 is 17.2 Å². The van der Waals surface area contributed by atoms with E-state index >= 15 is 0 Å². The summed E-state index contributed by atoms with van der Waals surface area (Å²) in [7, 11) is 0. The smallest absolute Gasteiger partial charge is 0.220 e. The summed E-state index contributed by atoms with van der Waals surface area (Å²) in [6, 6.07) is 10.2. The monoisotopic (exact) mass is 364 g/mol. The molecular formula is C20H20N4OS. The van der Waals surface area contributed by atoms with Crippen LogP contribution in [0.5, 0.6) is 0 Å². The predicted molar refractivity (Wildman–Crippen MR) is 102 cm³/mol. The average Bonchev–Trinajstić information content (AvgIpc) is 3.30. The lowest BCUT2D eigenvalue weighted by atomic mass is 9.97. The van der Waals surface area contributed by atoms with Gasteiger partial charge in [0.25, 0.3) is 0 Å². The molecule has 0 fully saturated rings. The van der Waals surface area contributed by atoms with Crippen LogP contribution < -0.4 is 5.32 Å². The summed E-state index contributed by atoms with van der Waals surface area (Å²) in [5, 5.41) is 5.85. The Morgan fingerprint density at radius 2 is 2.04 bits per heavy atom. The number of nitrogens with one attached hydrogen (secondary N) is 1. The summed E-state index contributed by atoms with van der Waals surface area (Å²) in [6.07, 6.45) is 6.86. The van der Waals surface area contributed by atoms with Crippen LogP contribution in [0.4, 0.5) is 0 Å². The average molecular weight is 364 g/mol. The highest BCUT2D eigenvalue weighted by Crippen LogP contribution is 2.35. The molecule has 5 nitrogen and oxygen atoms in total. The number of rotatable bonds is 6. The van der Waals surface area contributed by atoms with E-state index in [1.807, 2.05) is 5.38 Å². The third-order valence-electron chi connectivity index (χ3n) is 4.70. The molecule has 1 aromatic carbocycles. The highest BCUT2D eigenvalue weighted by Gasteiger charge is 2.23. The Bertz CT molecular complexity index is 894. The molecule has 4 rings (SSSR count). The Labute approximate surface area is 156 Å². The van der Waals surface area contributed by atoms with Crippen LogP contribution in [0.25, 0.3) is 10.8 Å². The highest BCUT2D eigenvalue weighted by molar-refractivity contribution is 7.13. The maximum Gasteiger partial charge on any atom is 0.220 e. The molecule has 0 unspecified atom stereocenters. The fourth-order valence-corrected chi connectivity index (χ4v) is 4.22. The van der Waals surface area contributed by atoms with E-state index in [1.165, 1.54) is 22.5 Å². The van der Waals surface area contributed by atoms with E-state index in [0.29, 0.717) is 24.7 Å². The lowest BCUT2D eigenvalue weighted by Gasteiger charge is -2.11. The number of benzene rings is 1. The van der Waals surface area contributed by atoms with Gasteiger partial charge in [-0.05, 0) is 36.0 Å². The van der Waals surface area contributed by atoms with Crippen molar-refractivity contribution < 1.29 is 4.79 Å². The SMILES string of the molecule is O=C(C[C@@H]1CCc2ccccc21)NCCc1csc(-c2ncccn2)n1. The molecule has 1 aliphatic rings. The van der Waals surface area contributed by atoms with Crippen LogP contribution in [0.3, 0.4) is 0 Å². The third-order valence-corrected chi connectivity index (χ3v) is 5.59. The van der Waals surface area contributed by atoms with Crippen LogP contribution in [0.1, 0.15) is 35.6 Å². The first kappa shape index (κ1) is 16.8. The predicted octanol–water partition coefficient (Wildman–Crippen LogP) is 3.38. The molecule has 26 heavy (non-hydrogen) atoms. The molecule has 0 saturated carbocycles. The van der Waals surface area contributed by atoms with Crippen LogP contribution in [-0.2, 0) is 17.6 Å². The molecule has 0 saturated heterocycles. The Balaban J connectivity index is 1.26. The number of hydrogen-bond acceptors (Lipinski definition) is 5. The molecule has 1 N–H and O–H groups in total. The minimum atomic E-state index is 0.119. The van der Waals surface area contributed by atoms with Crippen molar-refractivity contribution in [2.45, 2.75) is 31.6 Å².